The van der Waals surface area contributed by atoms with Gasteiger partial charge < -0.3 is 15.3 Å². The Labute approximate surface area is 117 Å². The predicted octanol–water partition coefficient (Wildman–Crippen LogP) is 1.78. The summed E-state index contributed by atoms with van der Waals surface area (Å²) in [6.45, 7) is 1.73. The minimum Gasteiger partial charge on any atom is -0.465 e. The lowest BCUT2D eigenvalue weighted by Crippen LogP contribution is -2.52. The van der Waals surface area contributed by atoms with Crippen LogP contribution in [0.3, 0.4) is 0 Å². The number of nitrogens with zero attached hydrogens (tertiary/aromatic N) is 3. The molecule has 2 aliphatic rings. The molecule has 2 fully saturated rings. The summed E-state index contributed by atoms with van der Waals surface area (Å²) in [6.07, 6.45) is 1.27. The highest BCUT2D eigenvalue weighted by atomic mass is 79.9. The number of carboxylic acid groups (broad SMARTS) is 1. The first-order valence-corrected chi connectivity index (χ1v) is 7.48. The average Bonchev–Trinajstić information content (AvgIpc) is 2.81. The van der Waals surface area contributed by atoms with Gasteiger partial charge in [-0.05, 0) is 40.6 Å². The van der Waals surface area contributed by atoms with Crippen LogP contribution < -0.4 is 10.2 Å². The maximum Gasteiger partial charge on any atom is 0.404 e. The number of amides is 1. The topological polar surface area (TPSA) is 78.4 Å². The molecule has 1 saturated heterocycles. The Hall–Kier alpha value is -0.890. The maximum atomic E-state index is 10.8. The summed E-state index contributed by atoms with van der Waals surface area (Å²) in [5.74, 6) is 0.782. The van der Waals surface area contributed by atoms with E-state index in [0.29, 0.717) is 11.8 Å². The second-order valence-electron chi connectivity index (χ2n) is 4.82. The van der Waals surface area contributed by atoms with Crippen LogP contribution in [-0.4, -0.2) is 40.5 Å². The third-order valence-electron chi connectivity index (χ3n) is 3.78. The largest absolute Gasteiger partial charge is 0.465 e. The van der Waals surface area contributed by atoms with E-state index in [1.54, 1.807) is 0 Å². The molecule has 2 N–H and O–H groups in total. The molecule has 18 heavy (non-hydrogen) atoms. The van der Waals surface area contributed by atoms with Gasteiger partial charge in [-0.25, -0.2) is 4.79 Å². The Morgan fingerprint density at radius 1 is 1.39 bits per heavy atom. The zero-order chi connectivity index (χ0) is 12.7. The van der Waals surface area contributed by atoms with Crippen LogP contribution in [0, 0.1) is 11.8 Å². The van der Waals surface area contributed by atoms with E-state index in [1.165, 1.54) is 11.3 Å². The first kappa shape index (κ1) is 12.2. The smallest absolute Gasteiger partial charge is 0.404 e. The van der Waals surface area contributed by atoms with Gasteiger partial charge in [-0.1, -0.05) is 11.3 Å². The van der Waals surface area contributed by atoms with Crippen LogP contribution in [0.1, 0.15) is 12.8 Å². The summed E-state index contributed by atoms with van der Waals surface area (Å²) in [5.41, 5.74) is 0. The monoisotopic (exact) mass is 332 g/mol. The second kappa shape index (κ2) is 4.65. The van der Waals surface area contributed by atoms with Gasteiger partial charge in [-0.15, -0.1) is 10.2 Å². The molecular formula is C10H13BrN4O2S. The van der Waals surface area contributed by atoms with E-state index in [4.69, 9.17) is 5.11 Å². The van der Waals surface area contributed by atoms with Crippen LogP contribution in [0.5, 0.6) is 0 Å². The summed E-state index contributed by atoms with van der Waals surface area (Å²) >= 11 is 4.84. The summed E-state index contributed by atoms with van der Waals surface area (Å²) in [4.78, 5) is 13.0. The Morgan fingerprint density at radius 2 is 2.06 bits per heavy atom. The molecule has 1 amide bonds. The Balaban J connectivity index is 1.73. The van der Waals surface area contributed by atoms with Gasteiger partial charge in [-0.2, -0.15) is 0 Å². The fourth-order valence-corrected chi connectivity index (χ4v) is 4.19. The van der Waals surface area contributed by atoms with Gasteiger partial charge in [0, 0.05) is 19.1 Å². The van der Waals surface area contributed by atoms with Crippen LogP contribution >= 0.6 is 27.3 Å². The van der Waals surface area contributed by atoms with Gasteiger partial charge >= 0.3 is 6.09 Å². The number of aromatic nitrogens is 2. The summed E-state index contributed by atoms with van der Waals surface area (Å²) < 4.78 is 0.788. The van der Waals surface area contributed by atoms with E-state index in [9.17, 15) is 4.79 Å². The number of rotatable bonds is 2. The summed E-state index contributed by atoms with van der Waals surface area (Å²) in [7, 11) is 0. The second-order valence-corrected chi connectivity index (χ2v) is 7.05. The minimum atomic E-state index is -0.913. The molecule has 0 unspecified atom stereocenters. The fraction of sp³-hybridized carbons (Fsp3) is 0.700. The lowest BCUT2D eigenvalue weighted by Gasteiger charge is -2.37. The van der Waals surface area contributed by atoms with E-state index in [2.05, 4.69) is 36.3 Å². The number of nitrogens with one attached hydrogen (secondary N) is 1. The normalized spacial score (nSPS) is 30.5. The average molecular weight is 333 g/mol. The number of halogens is 1. The summed E-state index contributed by atoms with van der Waals surface area (Å²) in [6, 6.07) is 0.107. The molecular weight excluding hydrogens is 320 g/mol. The molecule has 0 aromatic carbocycles. The predicted molar refractivity (Wildman–Crippen MR) is 71.0 cm³/mol. The van der Waals surface area contributed by atoms with Gasteiger partial charge in [0.15, 0.2) is 3.92 Å². The lowest BCUT2D eigenvalue weighted by molar-refractivity contribution is 0.178. The number of anilines is 1. The number of hydrogen-bond acceptors (Lipinski definition) is 5. The van der Waals surface area contributed by atoms with Crippen molar-refractivity contribution in [2.24, 2.45) is 11.8 Å². The van der Waals surface area contributed by atoms with Crippen LogP contribution in [0.25, 0.3) is 0 Å². The van der Waals surface area contributed by atoms with Crippen LogP contribution in [-0.2, 0) is 0 Å². The molecule has 6 nitrogen and oxygen atoms in total. The van der Waals surface area contributed by atoms with E-state index in [-0.39, 0.29) is 6.04 Å². The highest BCUT2D eigenvalue weighted by Crippen LogP contribution is 2.39. The number of fused-ring (bicyclic) bond motifs is 2. The van der Waals surface area contributed by atoms with Gasteiger partial charge in [0.25, 0.3) is 0 Å². The van der Waals surface area contributed by atoms with Crippen LogP contribution in [0.15, 0.2) is 3.92 Å². The van der Waals surface area contributed by atoms with Crippen molar-refractivity contribution in [1.29, 1.82) is 0 Å². The van der Waals surface area contributed by atoms with Gasteiger partial charge in [0.2, 0.25) is 5.13 Å². The van der Waals surface area contributed by atoms with Crippen molar-refractivity contribution in [3.63, 3.8) is 0 Å². The van der Waals surface area contributed by atoms with Gasteiger partial charge in [0.1, 0.15) is 0 Å². The zero-order valence-electron chi connectivity index (χ0n) is 9.54. The minimum absolute atomic E-state index is 0.107. The van der Waals surface area contributed by atoms with Crippen molar-refractivity contribution in [2.45, 2.75) is 18.9 Å². The van der Waals surface area contributed by atoms with Crippen LogP contribution in [0.2, 0.25) is 0 Å². The van der Waals surface area contributed by atoms with Crippen molar-refractivity contribution >= 4 is 38.5 Å². The molecule has 98 valence electrons. The highest BCUT2D eigenvalue weighted by molar-refractivity contribution is 9.11. The molecule has 1 aliphatic carbocycles. The molecule has 3 atom stereocenters. The molecule has 1 aliphatic heterocycles. The standard InChI is InChI=1S/C10H13BrN4O2S/c11-8-13-14-9(18-8)15-3-5-1-2-6(4-15)7(5)12-10(16)17/h5-7,12H,1-4H2,(H,16,17)/t5-,6+,7+. The van der Waals surface area contributed by atoms with Gasteiger partial charge in [0.05, 0.1) is 0 Å². The van der Waals surface area contributed by atoms with Crippen molar-refractivity contribution < 1.29 is 9.90 Å². The van der Waals surface area contributed by atoms with Gasteiger partial charge in [-0.3, -0.25) is 0 Å². The molecule has 1 aromatic heterocycles. The maximum absolute atomic E-state index is 10.8. The Kier molecular flexibility index (Phi) is 3.14. The van der Waals surface area contributed by atoms with Crippen LogP contribution in [0.4, 0.5) is 9.93 Å². The van der Waals surface area contributed by atoms with E-state index >= 15 is 0 Å². The fourth-order valence-electron chi connectivity index (χ4n) is 3.08. The third-order valence-corrected chi connectivity index (χ3v) is 5.20. The third kappa shape index (κ3) is 2.18. The Bertz CT molecular complexity index is 454. The molecule has 1 saturated carbocycles. The van der Waals surface area contributed by atoms with E-state index in [1.807, 2.05) is 0 Å². The van der Waals surface area contributed by atoms with E-state index in [0.717, 1.165) is 35.0 Å². The quantitative estimate of drug-likeness (QED) is 0.863. The Morgan fingerprint density at radius 3 is 2.56 bits per heavy atom. The molecule has 3 rings (SSSR count). The number of hydrogen-bond donors (Lipinski definition) is 2. The van der Waals surface area contributed by atoms with Crippen molar-refractivity contribution in [3.8, 4) is 0 Å². The van der Waals surface area contributed by atoms with E-state index < -0.39 is 6.09 Å². The zero-order valence-corrected chi connectivity index (χ0v) is 11.9. The SMILES string of the molecule is O=C(O)N[C@H]1[C@@H]2CC[C@H]1CN(c1nnc(Br)s1)C2. The lowest BCUT2D eigenvalue weighted by atomic mass is 9.92. The molecule has 2 bridgehead atoms. The summed E-state index contributed by atoms with van der Waals surface area (Å²) in [5, 5.41) is 20.6. The molecule has 8 heteroatoms. The number of carbonyl (C=O) groups is 1. The molecule has 2 heterocycles. The van der Waals surface area contributed by atoms with Crippen molar-refractivity contribution in [3.05, 3.63) is 3.92 Å². The first-order chi connectivity index (χ1) is 8.63. The first-order valence-electron chi connectivity index (χ1n) is 5.87. The molecule has 1 aromatic rings. The highest BCUT2D eigenvalue weighted by Gasteiger charge is 2.43. The van der Waals surface area contributed by atoms with Crippen molar-refractivity contribution in [1.82, 2.24) is 15.5 Å². The number of piperidine rings is 1. The van der Waals surface area contributed by atoms with Crippen molar-refractivity contribution in [2.75, 3.05) is 18.0 Å². The molecule has 0 radical (unpaired) electrons. The molecule has 0 spiro atoms.